The second kappa shape index (κ2) is 8.12. The number of aliphatic hydroxyl groups excluding tert-OH is 1. The zero-order valence-corrected chi connectivity index (χ0v) is 16.3. The molecule has 0 amide bonds. The Labute approximate surface area is 159 Å². The number of β-amino-alcohol motifs (C(OH)–C–C–N with tert-alkyl or cyclic N) is 1. The van der Waals surface area contributed by atoms with Gasteiger partial charge < -0.3 is 10.0 Å². The molecule has 1 heterocycles. The number of sulfonamides is 1. The summed E-state index contributed by atoms with van der Waals surface area (Å²) in [6, 6.07) is 3.90. The molecule has 1 atom stereocenters. The van der Waals surface area contributed by atoms with Crippen molar-refractivity contribution in [2.75, 3.05) is 18.0 Å². The van der Waals surface area contributed by atoms with Crippen LogP contribution in [0.15, 0.2) is 23.1 Å². The van der Waals surface area contributed by atoms with Crippen molar-refractivity contribution >= 4 is 21.4 Å². The lowest BCUT2D eigenvalue weighted by atomic mass is 9.88. The average Bonchev–Trinajstić information content (AvgIpc) is 2.63. The van der Waals surface area contributed by atoms with Gasteiger partial charge in [-0.15, -0.1) is 0 Å². The van der Waals surface area contributed by atoms with E-state index in [0.29, 0.717) is 31.1 Å². The molecule has 0 radical (unpaired) electrons. The van der Waals surface area contributed by atoms with Crippen LogP contribution in [0.2, 0.25) is 0 Å². The summed E-state index contributed by atoms with van der Waals surface area (Å²) in [5.41, 5.74) is 0.105. The third-order valence-electron chi connectivity index (χ3n) is 5.53. The van der Waals surface area contributed by atoms with E-state index in [1.807, 2.05) is 0 Å². The van der Waals surface area contributed by atoms with Crippen LogP contribution < -0.4 is 9.62 Å². The van der Waals surface area contributed by atoms with E-state index in [1.165, 1.54) is 12.1 Å². The quantitative estimate of drug-likeness (QED) is 0.583. The molecule has 1 aliphatic heterocycles. The summed E-state index contributed by atoms with van der Waals surface area (Å²) in [4.78, 5) is 12.7. The van der Waals surface area contributed by atoms with Gasteiger partial charge in [0.15, 0.2) is 0 Å². The number of nitrogens with one attached hydrogen (secondary N) is 1. The molecule has 2 aliphatic rings. The van der Waals surface area contributed by atoms with Crippen LogP contribution in [0.3, 0.4) is 0 Å². The van der Waals surface area contributed by atoms with Crippen LogP contribution in [-0.2, 0) is 10.0 Å². The predicted octanol–water partition coefficient (Wildman–Crippen LogP) is 2.41. The van der Waals surface area contributed by atoms with Gasteiger partial charge >= 0.3 is 0 Å². The fourth-order valence-corrected chi connectivity index (χ4v) is 5.25. The Balaban J connectivity index is 1.83. The molecule has 0 aromatic heterocycles. The Morgan fingerprint density at radius 1 is 1.22 bits per heavy atom. The normalized spacial score (nSPS) is 26.7. The Kier molecular flexibility index (Phi) is 6.02. The van der Waals surface area contributed by atoms with Crippen LogP contribution in [-0.4, -0.2) is 43.7 Å². The summed E-state index contributed by atoms with van der Waals surface area (Å²) in [5.74, 6) is 0.603. The Hall–Kier alpha value is -1.71. The zero-order chi connectivity index (χ0) is 19.6. The van der Waals surface area contributed by atoms with Gasteiger partial charge in [0.25, 0.3) is 5.69 Å². The van der Waals surface area contributed by atoms with Crippen molar-refractivity contribution < 1.29 is 18.4 Å². The first-order valence-electron chi connectivity index (χ1n) is 9.50. The van der Waals surface area contributed by atoms with Crippen molar-refractivity contribution in [2.45, 2.75) is 62.5 Å². The van der Waals surface area contributed by atoms with Crippen molar-refractivity contribution in [3.05, 3.63) is 28.3 Å². The number of piperidine rings is 1. The lowest BCUT2D eigenvalue weighted by Gasteiger charge is -2.31. The summed E-state index contributed by atoms with van der Waals surface area (Å²) >= 11 is 0. The molecule has 1 aliphatic carbocycles. The highest BCUT2D eigenvalue weighted by Gasteiger charge is 2.29. The standard InChI is InChI=1S/C18H27N3O5S/c1-13-4-6-14(7-5-13)19-27(25,26)16-8-9-17(18(11-16)21(23)24)20-10-2-3-15(22)12-20/h8-9,11,13-15,19,22H,2-7,10,12H2,1H3/t13?,14?,15-/m0/s1. The molecular formula is C18H27N3O5S. The molecule has 0 spiro atoms. The number of hydrogen-bond acceptors (Lipinski definition) is 6. The molecule has 9 heteroatoms. The number of nitrogens with zero attached hydrogens (tertiary/aromatic N) is 2. The van der Waals surface area contributed by atoms with E-state index in [2.05, 4.69) is 11.6 Å². The summed E-state index contributed by atoms with van der Waals surface area (Å²) in [6.07, 6.45) is 4.39. The zero-order valence-electron chi connectivity index (χ0n) is 15.5. The van der Waals surface area contributed by atoms with Crippen LogP contribution in [0, 0.1) is 16.0 Å². The van der Waals surface area contributed by atoms with Crippen LogP contribution >= 0.6 is 0 Å². The van der Waals surface area contributed by atoms with Crippen molar-refractivity contribution in [2.24, 2.45) is 5.92 Å². The first kappa shape index (κ1) is 20.0. The van der Waals surface area contributed by atoms with Crippen molar-refractivity contribution in [3.63, 3.8) is 0 Å². The van der Waals surface area contributed by atoms with Crippen LogP contribution in [0.1, 0.15) is 45.4 Å². The highest BCUT2D eigenvalue weighted by Crippen LogP contribution is 2.33. The molecule has 2 N–H and O–H groups in total. The van der Waals surface area contributed by atoms with Gasteiger partial charge in [0.2, 0.25) is 10.0 Å². The monoisotopic (exact) mass is 397 g/mol. The van der Waals surface area contributed by atoms with Crippen molar-refractivity contribution in [1.29, 1.82) is 0 Å². The van der Waals surface area contributed by atoms with Gasteiger partial charge in [-0.05, 0) is 56.6 Å². The number of nitro groups is 1. The van der Waals surface area contributed by atoms with Gasteiger partial charge in [-0.2, -0.15) is 0 Å². The minimum absolute atomic E-state index is 0.0888. The van der Waals surface area contributed by atoms with Crippen LogP contribution in [0.5, 0.6) is 0 Å². The summed E-state index contributed by atoms with van der Waals surface area (Å²) in [5, 5.41) is 21.4. The third kappa shape index (κ3) is 4.77. The molecule has 0 bridgehead atoms. The number of anilines is 1. The molecule has 8 nitrogen and oxygen atoms in total. The van der Waals surface area contributed by atoms with Gasteiger partial charge in [0.05, 0.1) is 15.9 Å². The number of benzene rings is 1. The van der Waals surface area contributed by atoms with Crippen LogP contribution in [0.25, 0.3) is 0 Å². The fraction of sp³-hybridized carbons (Fsp3) is 0.667. The first-order chi connectivity index (χ1) is 12.8. The maximum atomic E-state index is 12.7. The summed E-state index contributed by atoms with van der Waals surface area (Å²) in [6.45, 7) is 3.07. The molecular weight excluding hydrogens is 370 g/mol. The number of nitro benzene ring substituents is 1. The number of rotatable bonds is 5. The predicted molar refractivity (Wildman–Crippen MR) is 102 cm³/mol. The molecule has 3 rings (SSSR count). The van der Waals surface area contributed by atoms with E-state index < -0.39 is 21.1 Å². The van der Waals surface area contributed by atoms with E-state index in [4.69, 9.17) is 0 Å². The van der Waals surface area contributed by atoms with Gasteiger partial charge in [0, 0.05) is 25.2 Å². The summed E-state index contributed by atoms with van der Waals surface area (Å²) in [7, 11) is -3.81. The lowest BCUT2D eigenvalue weighted by molar-refractivity contribution is -0.384. The van der Waals surface area contributed by atoms with E-state index in [-0.39, 0.29) is 16.6 Å². The van der Waals surface area contributed by atoms with Gasteiger partial charge in [-0.3, -0.25) is 10.1 Å². The molecule has 1 saturated carbocycles. The maximum Gasteiger partial charge on any atom is 0.293 e. The van der Waals surface area contributed by atoms with Gasteiger partial charge in [-0.25, -0.2) is 13.1 Å². The van der Waals surface area contributed by atoms with Crippen molar-refractivity contribution in [1.82, 2.24) is 4.72 Å². The van der Waals surface area contributed by atoms with E-state index in [9.17, 15) is 23.6 Å². The van der Waals surface area contributed by atoms with Crippen molar-refractivity contribution in [3.8, 4) is 0 Å². The average molecular weight is 397 g/mol. The molecule has 27 heavy (non-hydrogen) atoms. The Morgan fingerprint density at radius 3 is 2.56 bits per heavy atom. The maximum absolute atomic E-state index is 12.7. The smallest absolute Gasteiger partial charge is 0.293 e. The molecule has 1 aromatic rings. The van der Waals surface area contributed by atoms with E-state index in [0.717, 1.165) is 38.2 Å². The number of aliphatic hydroxyl groups is 1. The second-order valence-electron chi connectivity index (χ2n) is 7.73. The highest BCUT2D eigenvalue weighted by molar-refractivity contribution is 7.89. The largest absolute Gasteiger partial charge is 0.391 e. The van der Waals surface area contributed by atoms with Gasteiger partial charge in [0.1, 0.15) is 5.69 Å². The Morgan fingerprint density at radius 2 is 1.93 bits per heavy atom. The Bertz CT molecular complexity index is 790. The molecule has 2 fully saturated rings. The third-order valence-corrected chi connectivity index (χ3v) is 7.05. The minimum atomic E-state index is -3.81. The topological polar surface area (TPSA) is 113 Å². The van der Waals surface area contributed by atoms with E-state index >= 15 is 0 Å². The van der Waals surface area contributed by atoms with Crippen LogP contribution in [0.4, 0.5) is 11.4 Å². The number of hydrogen-bond donors (Lipinski definition) is 2. The second-order valence-corrected chi connectivity index (χ2v) is 9.44. The van der Waals surface area contributed by atoms with Gasteiger partial charge in [-0.1, -0.05) is 6.92 Å². The molecule has 150 valence electrons. The minimum Gasteiger partial charge on any atom is -0.391 e. The lowest BCUT2D eigenvalue weighted by Crippen LogP contribution is -2.39. The SMILES string of the molecule is CC1CCC(NS(=O)(=O)c2ccc(N3CCC[C@H](O)C3)c([N+](=O)[O-])c2)CC1. The van der Waals surface area contributed by atoms with E-state index in [1.54, 1.807) is 4.90 Å². The molecule has 0 unspecified atom stereocenters. The summed E-state index contributed by atoms with van der Waals surface area (Å²) < 4.78 is 28.1. The molecule has 1 saturated heterocycles. The first-order valence-corrected chi connectivity index (χ1v) is 11.0. The molecule has 1 aromatic carbocycles. The fourth-order valence-electron chi connectivity index (χ4n) is 3.92. The highest BCUT2D eigenvalue weighted by atomic mass is 32.2.